The summed E-state index contributed by atoms with van der Waals surface area (Å²) in [5, 5.41) is 0. The van der Waals surface area contributed by atoms with E-state index in [9.17, 15) is 13.2 Å². The first kappa shape index (κ1) is 25.3. The normalized spacial score (nSPS) is 12.6. The summed E-state index contributed by atoms with van der Waals surface area (Å²) in [6.07, 6.45) is 10.2. The fourth-order valence-corrected chi connectivity index (χ4v) is 4.95. The summed E-state index contributed by atoms with van der Waals surface area (Å²) in [7, 11) is -2.27. The third-order valence-electron chi connectivity index (χ3n) is 5.28. The first-order chi connectivity index (χ1) is 14.9. The van der Waals surface area contributed by atoms with Crippen LogP contribution < -0.4 is 0 Å². The Morgan fingerprint density at radius 3 is 2.48 bits per heavy atom. The molecule has 0 saturated heterocycles. The van der Waals surface area contributed by atoms with E-state index in [-0.39, 0.29) is 17.4 Å². The smallest absolute Gasteiger partial charge is 0.305 e. The highest BCUT2D eigenvalue weighted by Gasteiger charge is 2.22. The van der Waals surface area contributed by atoms with Gasteiger partial charge < -0.3 is 4.74 Å². The minimum absolute atomic E-state index is 0.191. The Kier molecular flexibility index (Phi) is 11.0. The Balaban J connectivity index is 1.79. The molecule has 0 radical (unpaired) electrons. The lowest BCUT2D eigenvalue weighted by molar-refractivity contribution is -0.141. The van der Waals surface area contributed by atoms with Crippen LogP contribution in [0.4, 0.5) is 0 Å². The van der Waals surface area contributed by atoms with Crippen molar-refractivity contribution in [1.82, 2.24) is 8.81 Å². The third-order valence-corrected chi connectivity index (χ3v) is 7.57. The summed E-state index contributed by atoms with van der Waals surface area (Å²) in [6.45, 7) is 0.248. The fraction of sp³-hybridized carbons (Fsp3) is 0.478. The van der Waals surface area contributed by atoms with E-state index >= 15 is 0 Å². The molecule has 8 heteroatoms. The summed E-state index contributed by atoms with van der Waals surface area (Å²) in [5.41, 5.74) is 1.21. The average Bonchev–Trinajstić information content (AvgIpc) is 2.80. The number of benzene rings is 1. The number of aryl methyl sites for hydroxylation is 1. The van der Waals surface area contributed by atoms with Gasteiger partial charge >= 0.3 is 5.97 Å². The number of nitrogens with zero attached hydrogens (tertiary/aromatic N) is 2. The number of pyridine rings is 1. The molecule has 6 nitrogen and oxygen atoms in total. The fourth-order valence-electron chi connectivity index (χ4n) is 3.49. The number of hydrogen-bond acceptors (Lipinski definition) is 5. The second-order valence-electron chi connectivity index (χ2n) is 7.56. The molecule has 1 atom stereocenters. The van der Waals surface area contributed by atoms with Gasteiger partial charge in [-0.2, -0.15) is 0 Å². The topological polar surface area (TPSA) is 76.6 Å². The van der Waals surface area contributed by atoms with Gasteiger partial charge in [0.05, 0.1) is 12.0 Å². The van der Waals surface area contributed by atoms with E-state index < -0.39 is 10.0 Å². The van der Waals surface area contributed by atoms with Gasteiger partial charge in [0, 0.05) is 25.4 Å². The van der Waals surface area contributed by atoms with Gasteiger partial charge in [0.1, 0.15) is 0 Å². The van der Waals surface area contributed by atoms with Crippen LogP contribution in [0.2, 0.25) is 0 Å². The largest absolute Gasteiger partial charge is 0.469 e. The van der Waals surface area contributed by atoms with Crippen molar-refractivity contribution in [2.24, 2.45) is 5.92 Å². The van der Waals surface area contributed by atoms with Crippen LogP contribution in [0, 0.1) is 5.92 Å². The summed E-state index contributed by atoms with van der Waals surface area (Å²) < 4.78 is 30.6. The van der Waals surface area contributed by atoms with Crippen LogP contribution in [0.3, 0.4) is 0 Å². The van der Waals surface area contributed by atoms with Crippen molar-refractivity contribution in [3.63, 3.8) is 0 Å². The first-order valence-electron chi connectivity index (χ1n) is 10.6. The maximum Gasteiger partial charge on any atom is 0.305 e. The Hall–Kier alpha value is -1.96. The van der Waals surface area contributed by atoms with Gasteiger partial charge in [0.25, 0.3) is 10.0 Å². The SMILES string of the molecule is COC(=O)CCC(CCCCN(Cl)S(=O)(=O)c1ccccc1)CCCc1cccnc1. The average molecular weight is 467 g/mol. The van der Waals surface area contributed by atoms with E-state index in [1.165, 1.54) is 24.8 Å². The Morgan fingerprint density at radius 1 is 1.06 bits per heavy atom. The monoisotopic (exact) mass is 466 g/mol. The highest BCUT2D eigenvalue weighted by molar-refractivity contribution is 7.90. The molecule has 0 aliphatic carbocycles. The maximum absolute atomic E-state index is 12.5. The van der Waals surface area contributed by atoms with Crippen molar-refractivity contribution in [1.29, 1.82) is 0 Å². The Labute approximate surface area is 190 Å². The van der Waals surface area contributed by atoms with Crippen LogP contribution in [0.1, 0.15) is 50.5 Å². The molecule has 0 spiro atoms. The predicted octanol–water partition coefficient (Wildman–Crippen LogP) is 4.99. The summed E-state index contributed by atoms with van der Waals surface area (Å²) in [5.74, 6) is 0.184. The Morgan fingerprint density at radius 2 is 1.81 bits per heavy atom. The zero-order valence-electron chi connectivity index (χ0n) is 18.0. The molecule has 1 heterocycles. The van der Waals surface area contributed by atoms with Crippen molar-refractivity contribution in [3.05, 3.63) is 60.4 Å². The third kappa shape index (κ3) is 8.97. The number of unbranched alkanes of at least 4 members (excludes halogenated alkanes) is 1. The van der Waals surface area contributed by atoms with E-state index in [1.54, 1.807) is 24.4 Å². The van der Waals surface area contributed by atoms with E-state index in [1.807, 2.05) is 12.3 Å². The van der Waals surface area contributed by atoms with Gasteiger partial charge in [0.15, 0.2) is 0 Å². The van der Waals surface area contributed by atoms with Gasteiger partial charge in [-0.15, -0.1) is 3.82 Å². The lowest BCUT2D eigenvalue weighted by atomic mass is 9.91. The van der Waals surface area contributed by atoms with E-state index in [0.29, 0.717) is 18.8 Å². The minimum Gasteiger partial charge on any atom is -0.469 e. The number of aromatic nitrogens is 1. The van der Waals surface area contributed by atoms with Crippen LogP contribution >= 0.6 is 11.8 Å². The molecule has 2 rings (SSSR count). The lowest BCUT2D eigenvalue weighted by Crippen LogP contribution is -2.23. The molecule has 0 bridgehead atoms. The molecular weight excluding hydrogens is 436 g/mol. The second-order valence-corrected chi connectivity index (χ2v) is 10.0. The van der Waals surface area contributed by atoms with Gasteiger partial charge in [-0.25, -0.2) is 8.42 Å². The molecule has 0 N–H and O–H groups in total. The number of methoxy groups -OCH3 is 1. The quantitative estimate of drug-likeness (QED) is 0.223. The molecular formula is C23H31ClN2O4S. The van der Waals surface area contributed by atoms with Crippen LogP contribution in [0.5, 0.6) is 0 Å². The number of carbonyl (C=O) groups is 1. The molecule has 0 aliphatic rings. The zero-order valence-corrected chi connectivity index (χ0v) is 19.5. The van der Waals surface area contributed by atoms with Crippen molar-refractivity contribution in [3.8, 4) is 0 Å². The standard InChI is InChI=1S/C23H31ClN2O4S/c1-30-23(27)16-15-20(10-7-11-21-12-8-17-25-19-21)9-5-6-18-26(24)31(28,29)22-13-3-2-4-14-22/h2-4,8,12-14,17,19-20H,5-7,9-11,15-16,18H2,1H3. The van der Waals surface area contributed by atoms with Crippen LogP contribution in [0.15, 0.2) is 59.8 Å². The van der Waals surface area contributed by atoms with E-state index in [4.69, 9.17) is 16.5 Å². The molecule has 1 aromatic carbocycles. The zero-order chi connectivity index (χ0) is 22.5. The van der Waals surface area contributed by atoms with Gasteiger partial charge in [-0.1, -0.05) is 43.5 Å². The number of rotatable bonds is 14. The molecule has 170 valence electrons. The molecule has 0 aliphatic heterocycles. The number of esters is 1. The predicted molar refractivity (Wildman–Crippen MR) is 122 cm³/mol. The first-order valence-corrected chi connectivity index (χ1v) is 12.4. The molecule has 0 amide bonds. The van der Waals surface area contributed by atoms with Gasteiger partial charge in [0.2, 0.25) is 0 Å². The highest BCUT2D eigenvalue weighted by Crippen LogP contribution is 2.23. The van der Waals surface area contributed by atoms with E-state index in [0.717, 1.165) is 42.3 Å². The number of sulfonamides is 1. The van der Waals surface area contributed by atoms with Gasteiger partial charge in [-0.05, 0) is 67.1 Å². The van der Waals surface area contributed by atoms with E-state index in [2.05, 4.69) is 11.1 Å². The van der Waals surface area contributed by atoms with Crippen LogP contribution in [0.25, 0.3) is 0 Å². The van der Waals surface area contributed by atoms with Crippen molar-refractivity contribution in [2.75, 3.05) is 13.7 Å². The molecule has 0 saturated carbocycles. The maximum atomic E-state index is 12.5. The van der Waals surface area contributed by atoms with Crippen LogP contribution in [-0.2, 0) is 26.0 Å². The molecule has 31 heavy (non-hydrogen) atoms. The molecule has 2 aromatic rings. The molecule has 1 aromatic heterocycles. The minimum atomic E-state index is -3.68. The summed E-state index contributed by atoms with van der Waals surface area (Å²) in [6, 6.07) is 12.2. The number of hydrogen-bond donors (Lipinski definition) is 0. The van der Waals surface area contributed by atoms with Crippen LogP contribution in [-0.4, -0.2) is 36.8 Å². The van der Waals surface area contributed by atoms with Crippen molar-refractivity contribution >= 4 is 27.8 Å². The van der Waals surface area contributed by atoms with Gasteiger partial charge in [-0.3, -0.25) is 9.78 Å². The highest BCUT2D eigenvalue weighted by atomic mass is 35.5. The van der Waals surface area contributed by atoms with Crippen molar-refractivity contribution < 1.29 is 17.9 Å². The molecule has 0 fully saturated rings. The lowest BCUT2D eigenvalue weighted by Gasteiger charge is -2.18. The second kappa shape index (κ2) is 13.5. The number of carbonyl (C=O) groups excluding carboxylic acids is 1. The number of ether oxygens (including phenoxy) is 1. The summed E-state index contributed by atoms with van der Waals surface area (Å²) >= 11 is 6.07. The summed E-state index contributed by atoms with van der Waals surface area (Å²) in [4.78, 5) is 15.9. The number of halogens is 1. The van der Waals surface area contributed by atoms with Crippen molar-refractivity contribution in [2.45, 2.75) is 56.3 Å². The Bertz CT molecular complexity index is 879. The molecule has 1 unspecified atom stereocenters.